The predicted octanol–water partition coefficient (Wildman–Crippen LogP) is 1.49. The molecule has 1 amide bonds. The first kappa shape index (κ1) is 21.0. The van der Waals surface area contributed by atoms with Crippen LogP contribution in [0.4, 0.5) is 0 Å². The number of aryl methyl sites for hydroxylation is 1. The fourth-order valence-electron chi connectivity index (χ4n) is 3.56. The van der Waals surface area contributed by atoms with Crippen LogP contribution in [-0.2, 0) is 11.2 Å². The molecule has 0 spiro atoms. The minimum Gasteiger partial charge on any atom is -0.357 e. The van der Waals surface area contributed by atoms with Gasteiger partial charge in [-0.05, 0) is 26.7 Å². The molecule has 0 unspecified atom stereocenters. The van der Waals surface area contributed by atoms with Gasteiger partial charge in [0.05, 0.1) is 11.6 Å². The van der Waals surface area contributed by atoms with Crippen molar-refractivity contribution in [2.45, 2.75) is 39.5 Å². The Morgan fingerprint density at radius 2 is 2.07 bits per heavy atom. The third-order valence-electron chi connectivity index (χ3n) is 5.47. The summed E-state index contributed by atoms with van der Waals surface area (Å²) in [6, 6.07) is 0. The molecule has 0 atom stereocenters. The van der Waals surface area contributed by atoms with Crippen LogP contribution in [0.5, 0.6) is 0 Å². The zero-order chi connectivity index (χ0) is 19.8. The Morgan fingerprint density at radius 1 is 1.29 bits per heavy atom. The Bertz CT molecular complexity index is 649. The van der Waals surface area contributed by atoms with E-state index in [0.29, 0.717) is 11.8 Å². The van der Waals surface area contributed by atoms with Crippen LogP contribution in [0.2, 0.25) is 0 Å². The summed E-state index contributed by atoms with van der Waals surface area (Å²) in [5.74, 6) is 1.57. The number of carbonyl (C=O) groups is 1. The van der Waals surface area contributed by atoms with Crippen molar-refractivity contribution in [3.63, 3.8) is 0 Å². The summed E-state index contributed by atoms with van der Waals surface area (Å²) in [5.41, 5.74) is 0. The molecular weight excluding hydrogens is 372 g/mol. The maximum Gasteiger partial charge on any atom is 0.225 e. The summed E-state index contributed by atoms with van der Waals surface area (Å²) in [7, 11) is 0. The number of aromatic nitrogens is 1. The van der Waals surface area contributed by atoms with Crippen molar-refractivity contribution in [3.8, 4) is 0 Å². The van der Waals surface area contributed by atoms with E-state index in [-0.39, 0.29) is 0 Å². The van der Waals surface area contributed by atoms with Crippen molar-refractivity contribution in [1.29, 1.82) is 0 Å². The van der Waals surface area contributed by atoms with Crippen molar-refractivity contribution in [2.24, 2.45) is 10.9 Å². The lowest BCUT2D eigenvalue weighted by Crippen LogP contribution is -2.51. The monoisotopic (exact) mass is 406 g/mol. The molecule has 1 aliphatic carbocycles. The summed E-state index contributed by atoms with van der Waals surface area (Å²) in [4.78, 5) is 27.2. The quantitative estimate of drug-likeness (QED) is 0.506. The molecule has 28 heavy (non-hydrogen) atoms. The van der Waals surface area contributed by atoms with Crippen LogP contribution in [0.1, 0.15) is 36.1 Å². The third-order valence-corrected chi connectivity index (χ3v) is 6.44. The summed E-state index contributed by atoms with van der Waals surface area (Å²) >= 11 is 1.75. The number of thiazole rings is 1. The maximum atomic E-state index is 12.3. The van der Waals surface area contributed by atoms with E-state index < -0.39 is 0 Å². The van der Waals surface area contributed by atoms with Gasteiger partial charge in [0.15, 0.2) is 5.96 Å². The number of carbonyl (C=O) groups excluding carboxylic acids is 1. The zero-order valence-corrected chi connectivity index (χ0v) is 18.1. The fraction of sp³-hybridized carbons (Fsp3) is 0.750. The minimum atomic E-state index is 0.318. The molecule has 0 aromatic carbocycles. The highest BCUT2D eigenvalue weighted by molar-refractivity contribution is 7.11. The highest BCUT2D eigenvalue weighted by Crippen LogP contribution is 2.28. The Labute approximate surface area is 172 Å². The highest BCUT2D eigenvalue weighted by atomic mass is 32.1. The molecule has 2 fully saturated rings. The third kappa shape index (κ3) is 6.17. The molecule has 3 rings (SSSR count). The number of nitrogens with one attached hydrogen (secondary N) is 2. The molecule has 7 nitrogen and oxygen atoms in total. The average molecular weight is 407 g/mol. The second kappa shape index (κ2) is 10.8. The second-order valence-electron chi connectivity index (χ2n) is 7.60. The van der Waals surface area contributed by atoms with E-state index in [2.05, 4.69) is 39.3 Å². The summed E-state index contributed by atoms with van der Waals surface area (Å²) in [5, 5.41) is 7.87. The predicted molar refractivity (Wildman–Crippen MR) is 115 cm³/mol. The first-order valence-corrected chi connectivity index (χ1v) is 11.4. The summed E-state index contributed by atoms with van der Waals surface area (Å²) < 4.78 is 0. The van der Waals surface area contributed by atoms with Crippen LogP contribution in [0.3, 0.4) is 0 Å². The number of piperazine rings is 1. The van der Waals surface area contributed by atoms with Crippen LogP contribution in [0.25, 0.3) is 0 Å². The van der Waals surface area contributed by atoms with E-state index in [1.54, 1.807) is 11.3 Å². The van der Waals surface area contributed by atoms with Gasteiger partial charge in [0.2, 0.25) is 5.91 Å². The fourth-order valence-corrected chi connectivity index (χ4v) is 4.34. The van der Waals surface area contributed by atoms with Gasteiger partial charge < -0.3 is 15.5 Å². The van der Waals surface area contributed by atoms with E-state index in [1.807, 2.05) is 6.20 Å². The van der Waals surface area contributed by atoms with E-state index in [0.717, 1.165) is 82.6 Å². The summed E-state index contributed by atoms with van der Waals surface area (Å²) in [6.45, 7) is 11.2. The lowest BCUT2D eigenvalue weighted by Gasteiger charge is -2.38. The van der Waals surface area contributed by atoms with Gasteiger partial charge >= 0.3 is 0 Å². The molecule has 0 bridgehead atoms. The first-order chi connectivity index (χ1) is 13.7. The number of guanidine groups is 1. The highest BCUT2D eigenvalue weighted by Gasteiger charge is 2.30. The minimum absolute atomic E-state index is 0.318. The van der Waals surface area contributed by atoms with Gasteiger partial charge in [-0.1, -0.05) is 6.42 Å². The molecule has 1 aromatic heterocycles. The Morgan fingerprint density at radius 3 is 2.68 bits per heavy atom. The number of hydrogen-bond acceptors (Lipinski definition) is 5. The van der Waals surface area contributed by atoms with Crippen molar-refractivity contribution < 1.29 is 4.79 Å². The largest absolute Gasteiger partial charge is 0.357 e. The van der Waals surface area contributed by atoms with Gasteiger partial charge in [0, 0.05) is 69.2 Å². The van der Waals surface area contributed by atoms with Gasteiger partial charge in [0.1, 0.15) is 0 Å². The van der Waals surface area contributed by atoms with Crippen molar-refractivity contribution in [3.05, 3.63) is 16.1 Å². The zero-order valence-electron chi connectivity index (χ0n) is 17.2. The molecule has 1 aliphatic heterocycles. The van der Waals surface area contributed by atoms with E-state index in [1.165, 1.54) is 11.3 Å². The molecule has 0 radical (unpaired) electrons. The molecule has 1 saturated heterocycles. The average Bonchev–Trinajstić information content (AvgIpc) is 3.06. The van der Waals surface area contributed by atoms with Crippen LogP contribution in [-0.4, -0.2) is 79.0 Å². The van der Waals surface area contributed by atoms with E-state index >= 15 is 0 Å². The number of aliphatic imine (C=N–C) groups is 1. The second-order valence-corrected chi connectivity index (χ2v) is 8.92. The molecule has 1 aromatic rings. The Balaban J connectivity index is 1.34. The molecule has 2 N–H and O–H groups in total. The van der Waals surface area contributed by atoms with Crippen molar-refractivity contribution in [1.82, 2.24) is 25.4 Å². The number of rotatable bonds is 8. The summed E-state index contributed by atoms with van der Waals surface area (Å²) in [6.07, 6.45) is 6.25. The van der Waals surface area contributed by atoms with Gasteiger partial charge in [-0.3, -0.25) is 14.7 Å². The molecular formula is C20H34N6OS. The van der Waals surface area contributed by atoms with Crippen LogP contribution >= 0.6 is 11.3 Å². The standard InChI is InChI=1S/C20H34N6OS/c1-3-21-20(22-8-7-18-24-15-16(2)28-18)23-9-10-25-11-13-26(14-12-25)19(27)17-5-4-6-17/h15,17H,3-14H2,1-2H3,(H2,21,22,23). The lowest BCUT2D eigenvalue weighted by atomic mass is 9.84. The van der Waals surface area contributed by atoms with Crippen molar-refractivity contribution >= 4 is 23.2 Å². The number of nitrogens with zero attached hydrogens (tertiary/aromatic N) is 4. The van der Waals surface area contributed by atoms with Gasteiger partial charge in [0.25, 0.3) is 0 Å². The maximum absolute atomic E-state index is 12.3. The normalized spacial score (nSPS) is 18.8. The van der Waals surface area contributed by atoms with Gasteiger partial charge in [-0.15, -0.1) is 11.3 Å². The number of hydrogen-bond donors (Lipinski definition) is 2. The van der Waals surface area contributed by atoms with E-state index in [4.69, 9.17) is 4.99 Å². The first-order valence-electron chi connectivity index (χ1n) is 10.6. The van der Waals surface area contributed by atoms with Gasteiger partial charge in [-0.25, -0.2) is 4.98 Å². The topological polar surface area (TPSA) is 72.9 Å². The molecule has 2 heterocycles. The molecule has 2 aliphatic rings. The van der Waals surface area contributed by atoms with Gasteiger partial charge in [-0.2, -0.15) is 0 Å². The Hall–Kier alpha value is -1.67. The van der Waals surface area contributed by atoms with Crippen LogP contribution in [0, 0.1) is 12.8 Å². The van der Waals surface area contributed by atoms with Crippen LogP contribution in [0.15, 0.2) is 11.2 Å². The molecule has 156 valence electrons. The molecule has 8 heteroatoms. The number of amides is 1. The van der Waals surface area contributed by atoms with E-state index in [9.17, 15) is 4.79 Å². The Kier molecular flexibility index (Phi) is 8.09. The smallest absolute Gasteiger partial charge is 0.225 e. The van der Waals surface area contributed by atoms with Crippen molar-refractivity contribution in [2.75, 3.05) is 52.4 Å². The lowest BCUT2D eigenvalue weighted by molar-refractivity contribution is -0.139. The molecule has 1 saturated carbocycles. The SMILES string of the molecule is CCNC(=NCCN1CCN(C(=O)C2CCC2)CC1)NCCc1ncc(C)s1. The van der Waals surface area contributed by atoms with Crippen LogP contribution < -0.4 is 10.6 Å².